The minimum atomic E-state index is -0.502. The fraction of sp³-hybridized carbons (Fsp3) is 0.333. The quantitative estimate of drug-likeness (QED) is 0.756. The molecule has 15 heavy (non-hydrogen) atoms. The molecule has 0 aromatic heterocycles. The van der Waals surface area contributed by atoms with E-state index < -0.39 is 5.91 Å². The van der Waals surface area contributed by atoms with E-state index in [0.29, 0.717) is 11.1 Å². The second kappa shape index (κ2) is 3.74. The van der Waals surface area contributed by atoms with Gasteiger partial charge in [0.2, 0.25) is 5.91 Å². The molecule has 2 N–H and O–H groups in total. The molecular formula is C12H14N2O. The Morgan fingerprint density at radius 2 is 1.93 bits per heavy atom. The van der Waals surface area contributed by atoms with Gasteiger partial charge in [-0.25, -0.2) is 0 Å². The average Bonchev–Trinajstić information content (AvgIpc) is 2.15. The highest BCUT2D eigenvalue weighted by Gasteiger charge is 2.16. The third kappa shape index (κ3) is 2.57. The largest absolute Gasteiger partial charge is 0.366 e. The summed E-state index contributed by atoms with van der Waals surface area (Å²) in [6.07, 6.45) is 0. The Morgan fingerprint density at radius 1 is 1.33 bits per heavy atom. The van der Waals surface area contributed by atoms with E-state index in [2.05, 4.69) is 0 Å². The Hall–Kier alpha value is -1.82. The second-order valence-corrected chi connectivity index (χ2v) is 4.53. The summed E-state index contributed by atoms with van der Waals surface area (Å²) < 4.78 is 0. The van der Waals surface area contributed by atoms with Crippen LogP contribution in [0.2, 0.25) is 0 Å². The number of hydrogen-bond donors (Lipinski definition) is 1. The number of amides is 1. The predicted molar refractivity (Wildman–Crippen MR) is 58.4 cm³/mol. The summed E-state index contributed by atoms with van der Waals surface area (Å²) in [5, 5.41) is 8.83. The number of nitrogens with zero attached hydrogens (tertiary/aromatic N) is 1. The summed E-state index contributed by atoms with van der Waals surface area (Å²) in [5.74, 6) is -0.502. The third-order valence-corrected chi connectivity index (χ3v) is 2.21. The Morgan fingerprint density at radius 3 is 2.33 bits per heavy atom. The van der Waals surface area contributed by atoms with Crippen molar-refractivity contribution in [2.45, 2.75) is 26.2 Å². The number of carbonyl (C=O) groups excluding carboxylic acids is 1. The van der Waals surface area contributed by atoms with Crippen molar-refractivity contribution in [1.29, 1.82) is 5.26 Å². The summed E-state index contributed by atoms with van der Waals surface area (Å²) in [4.78, 5) is 11.1. The zero-order valence-electron chi connectivity index (χ0n) is 9.16. The van der Waals surface area contributed by atoms with E-state index in [4.69, 9.17) is 11.0 Å². The third-order valence-electron chi connectivity index (χ3n) is 2.21. The molecular weight excluding hydrogens is 188 g/mol. The van der Waals surface area contributed by atoms with Crippen molar-refractivity contribution in [3.63, 3.8) is 0 Å². The van der Waals surface area contributed by atoms with Crippen LogP contribution in [0.5, 0.6) is 0 Å². The first kappa shape index (κ1) is 11.3. The maximum absolute atomic E-state index is 11.1. The monoisotopic (exact) mass is 202 g/mol. The molecule has 78 valence electrons. The van der Waals surface area contributed by atoms with Crippen molar-refractivity contribution in [3.05, 3.63) is 34.9 Å². The van der Waals surface area contributed by atoms with E-state index in [1.165, 1.54) is 6.07 Å². The molecule has 1 amide bonds. The molecule has 0 fully saturated rings. The van der Waals surface area contributed by atoms with Crippen molar-refractivity contribution < 1.29 is 4.79 Å². The number of benzene rings is 1. The minimum absolute atomic E-state index is 0.100. The second-order valence-electron chi connectivity index (χ2n) is 4.53. The van der Waals surface area contributed by atoms with Crippen LogP contribution >= 0.6 is 0 Å². The van der Waals surface area contributed by atoms with E-state index in [1.807, 2.05) is 26.8 Å². The number of rotatable bonds is 1. The van der Waals surface area contributed by atoms with Gasteiger partial charge in [0.25, 0.3) is 0 Å². The van der Waals surface area contributed by atoms with Crippen LogP contribution < -0.4 is 5.73 Å². The standard InChI is InChI=1S/C12H14N2O/c1-12(2,3)10-5-8(7-13)4-9(6-10)11(14)15/h4-6H,1-3H3,(H2,14,15). The molecule has 3 heteroatoms. The smallest absolute Gasteiger partial charge is 0.248 e. The molecule has 0 aliphatic carbocycles. The normalized spacial score (nSPS) is 10.8. The van der Waals surface area contributed by atoms with Gasteiger partial charge in [-0.2, -0.15) is 5.26 Å². The SMILES string of the molecule is CC(C)(C)c1cc(C#N)cc(C(N)=O)c1. The van der Waals surface area contributed by atoms with Crippen LogP contribution in [-0.2, 0) is 5.41 Å². The summed E-state index contributed by atoms with van der Waals surface area (Å²) in [6.45, 7) is 6.07. The average molecular weight is 202 g/mol. The molecule has 3 nitrogen and oxygen atoms in total. The van der Waals surface area contributed by atoms with Crippen LogP contribution in [0.3, 0.4) is 0 Å². The lowest BCUT2D eigenvalue weighted by Gasteiger charge is -2.19. The van der Waals surface area contributed by atoms with Gasteiger partial charge in [0.1, 0.15) is 0 Å². The Balaban J connectivity index is 3.38. The van der Waals surface area contributed by atoms with E-state index >= 15 is 0 Å². The molecule has 0 heterocycles. The van der Waals surface area contributed by atoms with Gasteiger partial charge in [-0.05, 0) is 29.2 Å². The molecule has 0 aliphatic rings. The molecule has 0 atom stereocenters. The molecule has 1 aromatic rings. The predicted octanol–water partition coefficient (Wildman–Crippen LogP) is 1.95. The van der Waals surface area contributed by atoms with Gasteiger partial charge in [0.05, 0.1) is 11.6 Å². The van der Waals surface area contributed by atoms with Crippen LogP contribution in [0.15, 0.2) is 18.2 Å². The van der Waals surface area contributed by atoms with Gasteiger partial charge >= 0.3 is 0 Å². The number of hydrogen-bond acceptors (Lipinski definition) is 2. The van der Waals surface area contributed by atoms with Crippen molar-refractivity contribution in [1.82, 2.24) is 0 Å². The van der Waals surface area contributed by atoms with E-state index in [1.54, 1.807) is 12.1 Å². The molecule has 1 aromatic carbocycles. The zero-order valence-corrected chi connectivity index (χ0v) is 9.16. The minimum Gasteiger partial charge on any atom is -0.366 e. The Labute approximate surface area is 89.5 Å². The lowest BCUT2D eigenvalue weighted by Crippen LogP contribution is -2.16. The molecule has 0 bridgehead atoms. The summed E-state index contributed by atoms with van der Waals surface area (Å²) in [5.41, 5.74) is 6.90. The van der Waals surface area contributed by atoms with Crippen LogP contribution in [-0.4, -0.2) is 5.91 Å². The molecule has 0 unspecified atom stereocenters. The maximum atomic E-state index is 11.1. The molecule has 0 radical (unpaired) electrons. The van der Waals surface area contributed by atoms with Crippen LogP contribution in [0, 0.1) is 11.3 Å². The number of nitriles is 1. The highest BCUT2D eigenvalue weighted by molar-refractivity contribution is 5.93. The summed E-state index contributed by atoms with van der Waals surface area (Å²) in [6, 6.07) is 7.06. The lowest BCUT2D eigenvalue weighted by atomic mass is 9.85. The molecule has 0 saturated carbocycles. The number of carbonyl (C=O) groups is 1. The van der Waals surface area contributed by atoms with Crippen LogP contribution in [0.4, 0.5) is 0 Å². The van der Waals surface area contributed by atoms with Crippen molar-refractivity contribution in [3.8, 4) is 6.07 Å². The van der Waals surface area contributed by atoms with Gasteiger partial charge in [-0.15, -0.1) is 0 Å². The molecule has 1 rings (SSSR count). The van der Waals surface area contributed by atoms with Crippen molar-refractivity contribution in [2.24, 2.45) is 5.73 Å². The van der Waals surface area contributed by atoms with Gasteiger partial charge in [-0.3, -0.25) is 4.79 Å². The van der Waals surface area contributed by atoms with Crippen LogP contribution in [0.1, 0.15) is 42.3 Å². The fourth-order valence-electron chi connectivity index (χ4n) is 1.27. The van der Waals surface area contributed by atoms with Crippen LogP contribution in [0.25, 0.3) is 0 Å². The first-order valence-electron chi connectivity index (χ1n) is 4.70. The van der Waals surface area contributed by atoms with E-state index in [-0.39, 0.29) is 5.41 Å². The lowest BCUT2D eigenvalue weighted by molar-refractivity contribution is 0.1000. The van der Waals surface area contributed by atoms with E-state index in [0.717, 1.165) is 5.56 Å². The fourth-order valence-corrected chi connectivity index (χ4v) is 1.27. The number of primary amides is 1. The van der Waals surface area contributed by atoms with Gasteiger partial charge < -0.3 is 5.73 Å². The molecule has 0 spiro atoms. The first-order valence-corrected chi connectivity index (χ1v) is 4.70. The van der Waals surface area contributed by atoms with Gasteiger partial charge in [0.15, 0.2) is 0 Å². The van der Waals surface area contributed by atoms with Crippen molar-refractivity contribution in [2.75, 3.05) is 0 Å². The van der Waals surface area contributed by atoms with Gasteiger partial charge in [0, 0.05) is 5.56 Å². The number of nitrogens with two attached hydrogens (primary N) is 1. The Kier molecular flexibility index (Phi) is 2.81. The highest BCUT2D eigenvalue weighted by atomic mass is 16.1. The summed E-state index contributed by atoms with van der Waals surface area (Å²) >= 11 is 0. The molecule has 0 saturated heterocycles. The summed E-state index contributed by atoms with van der Waals surface area (Å²) in [7, 11) is 0. The first-order chi connectivity index (χ1) is 6.84. The van der Waals surface area contributed by atoms with E-state index in [9.17, 15) is 4.79 Å². The zero-order chi connectivity index (χ0) is 11.6. The highest BCUT2D eigenvalue weighted by Crippen LogP contribution is 2.24. The molecule has 0 aliphatic heterocycles. The maximum Gasteiger partial charge on any atom is 0.248 e. The topological polar surface area (TPSA) is 66.9 Å². The Bertz CT molecular complexity index is 436. The van der Waals surface area contributed by atoms with Gasteiger partial charge in [-0.1, -0.05) is 20.8 Å². The van der Waals surface area contributed by atoms with Crippen molar-refractivity contribution >= 4 is 5.91 Å².